The van der Waals surface area contributed by atoms with Gasteiger partial charge in [-0.1, -0.05) is 6.07 Å². The van der Waals surface area contributed by atoms with Crippen molar-refractivity contribution in [3.63, 3.8) is 0 Å². The van der Waals surface area contributed by atoms with E-state index in [4.69, 9.17) is 0 Å². The van der Waals surface area contributed by atoms with E-state index in [-0.39, 0.29) is 28.7 Å². The molecular formula is C21H11F8N7. The first-order valence-corrected chi connectivity index (χ1v) is 9.75. The minimum absolute atomic E-state index is 0.00434. The number of rotatable bonds is 5. The molecule has 4 aromatic rings. The standard InChI is InChI=1S/C21H11F8N7/c22-16(23)13-8-10(4-6-30-13)17-34-18(12-2-1-3-14(33-12)20(24,25)26)36-19(35-17)32-11-5-7-31-15(9-11)21(27,28)29/h1-9,16H,(H,31,32,34,35,36). The van der Waals surface area contributed by atoms with E-state index < -0.39 is 41.7 Å². The average Bonchev–Trinajstić information content (AvgIpc) is 2.83. The van der Waals surface area contributed by atoms with Crippen LogP contribution < -0.4 is 5.32 Å². The van der Waals surface area contributed by atoms with Crippen LogP contribution in [-0.4, -0.2) is 29.9 Å². The number of aromatic nitrogens is 6. The molecule has 0 fully saturated rings. The van der Waals surface area contributed by atoms with E-state index in [2.05, 4.69) is 35.2 Å². The van der Waals surface area contributed by atoms with E-state index in [9.17, 15) is 35.1 Å². The lowest BCUT2D eigenvalue weighted by Gasteiger charge is -2.12. The molecular weight excluding hydrogens is 502 g/mol. The number of nitrogens with one attached hydrogen (secondary N) is 1. The molecule has 0 saturated heterocycles. The monoisotopic (exact) mass is 513 g/mol. The molecule has 4 heterocycles. The summed E-state index contributed by atoms with van der Waals surface area (Å²) in [5.41, 5.74) is -3.58. The van der Waals surface area contributed by atoms with E-state index in [0.717, 1.165) is 30.6 Å². The van der Waals surface area contributed by atoms with Crippen LogP contribution in [0, 0.1) is 0 Å². The van der Waals surface area contributed by atoms with Gasteiger partial charge in [0.05, 0.1) is 0 Å². The molecule has 0 atom stereocenters. The highest BCUT2D eigenvalue weighted by atomic mass is 19.4. The van der Waals surface area contributed by atoms with Gasteiger partial charge < -0.3 is 5.32 Å². The summed E-state index contributed by atoms with van der Waals surface area (Å²) >= 11 is 0. The Bertz CT molecular complexity index is 1390. The van der Waals surface area contributed by atoms with Crippen LogP contribution in [0.15, 0.2) is 54.9 Å². The highest BCUT2D eigenvalue weighted by molar-refractivity contribution is 5.63. The molecule has 0 aliphatic rings. The third kappa shape index (κ3) is 5.67. The molecule has 0 radical (unpaired) electrons. The molecule has 186 valence electrons. The lowest BCUT2D eigenvalue weighted by molar-refractivity contribution is -0.141. The quantitative estimate of drug-likeness (QED) is 0.322. The van der Waals surface area contributed by atoms with E-state index in [0.29, 0.717) is 6.07 Å². The van der Waals surface area contributed by atoms with Gasteiger partial charge in [-0.15, -0.1) is 0 Å². The summed E-state index contributed by atoms with van der Waals surface area (Å²) < 4.78 is 105. The van der Waals surface area contributed by atoms with Gasteiger partial charge in [0.1, 0.15) is 22.8 Å². The van der Waals surface area contributed by atoms with Crippen molar-refractivity contribution in [2.45, 2.75) is 18.8 Å². The molecule has 0 aliphatic heterocycles. The largest absolute Gasteiger partial charge is 0.433 e. The molecule has 36 heavy (non-hydrogen) atoms. The van der Waals surface area contributed by atoms with Gasteiger partial charge in [0.15, 0.2) is 11.6 Å². The van der Waals surface area contributed by atoms with Crippen molar-refractivity contribution >= 4 is 11.6 Å². The normalized spacial score (nSPS) is 12.1. The van der Waals surface area contributed by atoms with Gasteiger partial charge in [-0.2, -0.15) is 36.3 Å². The summed E-state index contributed by atoms with van der Waals surface area (Å²) in [6.45, 7) is 0. The Balaban J connectivity index is 1.83. The summed E-state index contributed by atoms with van der Waals surface area (Å²) in [5, 5.41) is 2.50. The summed E-state index contributed by atoms with van der Waals surface area (Å²) in [4.78, 5) is 22.3. The van der Waals surface area contributed by atoms with Crippen LogP contribution in [-0.2, 0) is 12.4 Å². The molecule has 7 nitrogen and oxygen atoms in total. The predicted molar refractivity (Wildman–Crippen MR) is 109 cm³/mol. The fraction of sp³-hybridized carbons (Fsp3) is 0.143. The molecule has 0 unspecified atom stereocenters. The number of nitrogens with zero attached hydrogens (tertiary/aromatic N) is 6. The van der Waals surface area contributed by atoms with Crippen LogP contribution in [0.3, 0.4) is 0 Å². The second kappa shape index (κ2) is 9.39. The number of alkyl halides is 8. The SMILES string of the molecule is FC(F)c1cc(-c2nc(Nc3ccnc(C(F)(F)F)c3)nc(-c3cccc(C(F)(F)F)n3)n2)ccn1. The Hall–Kier alpha value is -4.30. The second-order valence-electron chi connectivity index (χ2n) is 7.03. The van der Waals surface area contributed by atoms with Crippen molar-refractivity contribution in [3.8, 4) is 22.9 Å². The van der Waals surface area contributed by atoms with E-state index in [1.807, 2.05) is 0 Å². The lowest BCUT2D eigenvalue weighted by atomic mass is 10.2. The minimum atomic E-state index is -4.78. The lowest BCUT2D eigenvalue weighted by Crippen LogP contribution is -2.10. The highest BCUT2D eigenvalue weighted by Gasteiger charge is 2.33. The fourth-order valence-corrected chi connectivity index (χ4v) is 2.89. The van der Waals surface area contributed by atoms with Crippen LogP contribution in [0.4, 0.5) is 46.8 Å². The van der Waals surface area contributed by atoms with E-state index in [1.54, 1.807) is 0 Å². The summed E-state index contributed by atoms with van der Waals surface area (Å²) in [6.07, 6.45) is -10.5. The smallest absolute Gasteiger partial charge is 0.324 e. The zero-order valence-electron chi connectivity index (χ0n) is 17.5. The van der Waals surface area contributed by atoms with Gasteiger partial charge in [-0.05, 0) is 36.4 Å². The first-order valence-electron chi connectivity index (χ1n) is 9.75. The molecule has 0 aromatic carbocycles. The summed E-state index contributed by atoms with van der Waals surface area (Å²) in [7, 11) is 0. The molecule has 0 bridgehead atoms. The van der Waals surface area contributed by atoms with Gasteiger partial charge in [0.2, 0.25) is 5.95 Å². The van der Waals surface area contributed by atoms with Crippen molar-refractivity contribution in [2.75, 3.05) is 5.32 Å². The molecule has 0 saturated carbocycles. The molecule has 0 aliphatic carbocycles. The first kappa shape index (κ1) is 24.8. The van der Waals surface area contributed by atoms with Crippen LogP contribution in [0.2, 0.25) is 0 Å². The van der Waals surface area contributed by atoms with Gasteiger partial charge in [-0.25, -0.2) is 18.7 Å². The zero-order chi connectivity index (χ0) is 26.1. The van der Waals surface area contributed by atoms with Crippen LogP contribution in [0.5, 0.6) is 0 Å². The Morgan fingerprint density at radius 2 is 1.39 bits per heavy atom. The van der Waals surface area contributed by atoms with Crippen LogP contribution in [0.25, 0.3) is 22.9 Å². The predicted octanol–water partition coefficient (Wildman–Crippen LogP) is 6.11. The molecule has 0 amide bonds. The molecule has 4 rings (SSSR count). The van der Waals surface area contributed by atoms with Crippen molar-refractivity contribution in [2.24, 2.45) is 0 Å². The van der Waals surface area contributed by atoms with Gasteiger partial charge in [0, 0.05) is 23.6 Å². The second-order valence-corrected chi connectivity index (χ2v) is 7.03. The third-order valence-corrected chi connectivity index (χ3v) is 4.47. The fourth-order valence-electron chi connectivity index (χ4n) is 2.89. The summed E-state index contributed by atoms with van der Waals surface area (Å²) in [5.74, 6) is -1.05. The minimum Gasteiger partial charge on any atom is -0.324 e. The summed E-state index contributed by atoms with van der Waals surface area (Å²) in [6, 6.07) is 7.00. The highest BCUT2D eigenvalue weighted by Crippen LogP contribution is 2.31. The van der Waals surface area contributed by atoms with Gasteiger partial charge in [0.25, 0.3) is 6.43 Å². The average molecular weight is 513 g/mol. The maximum Gasteiger partial charge on any atom is 0.433 e. The first-order chi connectivity index (χ1) is 16.9. The van der Waals surface area contributed by atoms with Gasteiger partial charge >= 0.3 is 12.4 Å². The number of hydrogen-bond donors (Lipinski definition) is 1. The zero-order valence-corrected chi connectivity index (χ0v) is 17.5. The molecule has 4 aromatic heterocycles. The Morgan fingerprint density at radius 1 is 0.694 bits per heavy atom. The van der Waals surface area contributed by atoms with Crippen molar-refractivity contribution in [1.29, 1.82) is 0 Å². The molecule has 1 N–H and O–H groups in total. The molecule has 0 spiro atoms. The number of halogens is 8. The Kier molecular flexibility index (Phi) is 6.47. The van der Waals surface area contributed by atoms with Crippen molar-refractivity contribution < 1.29 is 35.1 Å². The van der Waals surface area contributed by atoms with Gasteiger partial charge in [-0.3, -0.25) is 9.97 Å². The van der Waals surface area contributed by atoms with Crippen LogP contribution in [0.1, 0.15) is 23.5 Å². The molecule has 15 heteroatoms. The number of pyridine rings is 3. The number of hydrogen-bond acceptors (Lipinski definition) is 7. The maximum atomic E-state index is 13.1. The number of anilines is 2. The Morgan fingerprint density at radius 3 is 2.08 bits per heavy atom. The van der Waals surface area contributed by atoms with Crippen molar-refractivity contribution in [1.82, 2.24) is 29.9 Å². The maximum absolute atomic E-state index is 13.1. The van der Waals surface area contributed by atoms with E-state index >= 15 is 0 Å². The van der Waals surface area contributed by atoms with E-state index in [1.165, 1.54) is 18.2 Å². The van der Waals surface area contributed by atoms with Crippen molar-refractivity contribution in [3.05, 3.63) is 71.9 Å². The van der Waals surface area contributed by atoms with Crippen LogP contribution >= 0.6 is 0 Å². The Labute approximate surface area is 196 Å². The third-order valence-electron chi connectivity index (χ3n) is 4.47. The topological polar surface area (TPSA) is 89.4 Å².